The van der Waals surface area contributed by atoms with Crippen LogP contribution in [0, 0.1) is 11.6 Å². The van der Waals surface area contributed by atoms with E-state index in [9.17, 15) is 8.78 Å². The summed E-state index contributed by atoms with van der Waals surface area (Å²) in [6.07, 6.45) is 0.523. The summed E-state index contributed by atoms with van der Waals surface area (Å²) in [5.74, 6) is -1.04. The standard InChI is InChI=1S/C12H18F2N2/c1-12(2,8-15)16-6-5-9-3-4-10(13)7-11(9)14/h3-4,7,16H,5-6,8,15H2,1-2H3. The fraction of sp³-hybridized carbons (Fsp3) is 0.500. The van der Waals surface area contributed by atoms with Crippen LogP contribution in [0.25, 0.3) is 0 Å². The molecule has 0 saturated carbocycles. The van der Waals surface area contributed by atoms with Crippen molar-refractivity contribution in [3.8, 4) is 0 Å². The Kier molecular flexibility index (Phi) is 4.38. The number of rotatable bonds is 5. The minimum absolute atomic E-state index is 0.156. The van der Waals surface area contributed by atoms with Crippen molar-refractivity contribution in [2.75, 3.05) is 13.1 Å². The molecule has 0 spiro atoms. The lowest BCUT2D eigenvalue weighted by Gasteiger charge is -2.24. The average Bonchev–Trinajstić information content (AvgIpc) is 2.21. The Morgan fingerprint density at radius 3 is 2.56 bits per heavy atom. The van der Waals surface area contributed by atoms with Crippen molar-refractivity contribution in [3.63, 3.8) is 0 Å². The largest absolute Gasteiger partial charge is 0.329 e. The summed E-state index contributed by atoms with van der Waals surface area (Å²) in [7, 11) is 0. The van der Waals surface area contributed by atoms with E-state index in [0.717, 1.165) is 6.07 Å². The van der Waals surface area contributed by atoms with E-state index < -0.39 is 11.6 Å². The van der Waals surface area contributed by atoms with Gasteiger partial charge in [0.25, 0.3) is 0 Å². The molecule has 0 fully saturated rings. The van der Waals surface area contributed by atoms with Crippen LogP contribution < -0.4 is 11.1 Å². The zero-order valence-corrected chi connectivity index (χ0v) is 9.69. The quantitative estimate of drug-likeness (QED) is 0.807. The topological polar surface area (TPSA) is 38.0 Å². The van der Waals surface area contributed by atoms with Gasteiger partial charge < -0.3 is 11.1 Å². The van der Waals surface area contributed by atoms with Crippen LogP contribution in [0.2, 0.25) is 0 Å². The molecule has 0 aromatic heterocycles. The van der Waals surface area contributed by atoms with Gasteiger partial charge in [0.15, 0.2) is 0 Å². The predicted octanol–water partition coefficient (Wildman–Crippen LogP) is 1.83. The molecule has 16 heavy (non-hydrogen) atoms. The van der Waals surface area contributed by atoms with Crippen molar-refractivity contribution >= 4 is 0 Å². The maximum Gasteiger partial charge on any atom is 0.129 e. The van der Waals surface area contributed by atoms with Gasteiger partial charge in [-0.15, -0.1) is 0 Å². The highest BCUT2D eigenvalue weighted by atomic mass is 19.1. The molecule has 0 heterocycles. The number of halogens is 2. The molecule has 0 saturated heterocycles. The van der Waals surface area contributed by atoms with Gasteiger partial charge in [0.2, 0.25) is 0 Å². The Bertz CT molecular complexity index is 351. The van der Waals surface area contributed by atoms with E-state index in [4.69, 9.17) is 5.73 Å². The summed E-state index contributed by atoms with van der Waals surface area (Å²) in [6, 6.07) is 3.65. The van der Waals surface area contributed by atoms with E-state index in [1.165, 1.54) is 12.1 Å². The smallest absolute Gasteiger partial charge is 0.129 e. The van der Waals surface area contributed by atoms with E-state index in [0.29, 0.717) is 25.1 Å². The SMILES string of the molecule is CC(C)(CN)NCCc1ccc(F)cc1F. The third-order valence-corrected chi connectivity index (χ3v) is 2.52. The first-order valence-electron chi connectivity index (χ1n) is 5.33. The van der Waals surface area contributed by atoms with Crippen molar-refractivity contribution in [1.29, 1.82) is 0 Å². The lowest BCUT2D eigenvalue weighted by Crippen LogP contribution is -2.46. The maximum absolute atomic E-state index is 13.3. The summed E-state index contributed by atoms with van der Waals surface area (Å²) in [4.78, 5) is 0. The fourth-order valence-electron chi connectivity index (χ4n) is 1.33. The van der Waals surface area contributed by atoms with E-state index >= 15 is 0 Å². The van der Waals surface area contributed by atoms with Crippen molar-refractivity contribution in [2.24, 2.45) is 5.73 Å². The molecule has 1 rings (SSSR count). The summed E-state index contributed by atoms with van der Waals surface area (Å²) in [6.45, 7) is 5.09. The van der Waals surface area contributed by atoms with Crippen LogP contribution in [0.1, 0.15) is 19.4 Å². The van der Waals surface area contributed by atoms with E-state index in [2.05, 4.69) is 5.32 Å². The molecular formula is C12H18F2N2. The summed E-state index contributed by atoms with van der Waals surface area (Å²) in [5.41, 5.74) is 5.91. The van der Waals surface area contributed by atoms with E-state index in [1.807, 2.05) is 13.8 Å². The van der Waals surface area contributed by atoms with Gasteiger partial charge >= 0.3 is 0 Å². The van der Waals surface area contributed by atoms with Crippen LogP contribution in [0.15, 0.2) is 18.2 Å². The first-order chi connectivity index (χ1) is 7.44. The molecule has 0 atom stereocenters. The van der Waals surface area contributed by atoms with E-state index in [-0.39, 0.29) is 5.54 Å². The second kappa shape index (κ2) is 5.37. The van der Waals surface area contributed by atoms with Crippen LogP contribution in [-0.4, -0.2) is 18.6 Å². The van der Waals surface area contributed by atoms with Crippen LogP contribution >= 0.6 is 0 Å². The molecule has 0 bridgehead atoms. The minimum Gasteiger partial charge on any atom is -0.329 e. The molecule has 2 nitrogen and oxygen atoms in total. The molecule has 0 aliphatic heterocycles. The van der Waals surface area contributed by atoms with Crippen molar-refractivity contribution in [3.05, 3.63) is 35.4 Å². The average molecular weight is 228 g/mol. The summed E-state index contributed by atoms with van der Waals surface area (Å²) in [5, 5.41) is 3.21. The second-order valence-electron chi connectivity index (χ2n) is 4.50. The Hall–Kier alpha value is -1.00. The van der Waals surface area contributed by atoms with Gasteiger partial charge in [0.1, 0.15) is 11.6 Å². The first kappa shape index (κ1) is 13.1. The molecule has 0 aliphatic carbocycles. The van der Waals surface area contributed by atoms with Gasteiger partial charge in [-0.3, -0.25) is 0 Å². The Balaban J connectivity index is 2.49. The van der Waals surface area contributed by atoms with Gasteiger partial charge in [-0.25, -0.2) is 8.78 Å². The highest BCUT2D eigenvalue weighted by Gasteiger charge is 2.13. The molecule has 0 amide bonds. The predicted molar refractivity (Wildman–Crippen MR) is 61.2 cm³/mol. The van der Waals surface area contributed by atoms with Crippen LogP contribution in [0.4, 0.5) is 8.78 Å². The zero-order chi connectivity index (χ0) is 12.2. The number of benzene rings is 1. The lowest BCUT2D eigenvalue weighted by atomic mass is 10.1. The van der Waals surface area contributed by atoms with Gasteiger partial charge in [-0.1, -0.05) is 6.07 Å². The molecular weight excluding hydrogens is 210 g/mol. The van der Waals surface area contributed by atoms with Crippen molar-refractivity contribution < 1.29 is 8.78 Å². The molecule has 3 N–H and O–H groups in total. The molecule has 1 aromatic carbocycles. The number of hydrogen-bond acceptors (Lipinski definition) is 2. The monoisotopic (exact) mass is 228 g/mol. The van der Waals surface area contributed by atoms with Crippen LogP contribution in [-0.2, 0) is 6.42 Å². The first-order valence-corrected chi connectivity index (χ1v) is 5.33. The zero-order valence-electron chi connectivity index (χ0n) is 9.69. The molecule has 90 valence electrons. The number of nitrogens with one attached hydrogen (secondary N) is 1. The van der Waals surface area contributed by atoms with Crippen molar-refractivity contribution in [2.45, 2.75) is 25.8 Å². The number of hydrogen-bond donors (Lipinski definition) is 2. The normalized spacial score (nSPS) is 11.8. The van der Waals surface area contributed by atoms with Crippen LogP contribution in [0.5, 0.6) is 0 Å². The Morgan fingerprint density at radius 2 is 2.00 bits per heavy atom. The third kappa shape index (κ3) is 3.87. The highest BCUT2D eigenvalue weighted by Crippen LogP contribution is 2.10. The van der Waals surface area contributed by atoms with Gasteiger partial charge in [0.05, 0.1) is 0 Å². The van der Waals surface area contributed by atoms with E-state index in [1.54, 1.807) is 0 Å². The van der Waals surface area contributed by atoms with Gasteiger partial charge in [-0.05, 0) is 38.4 Å². The maximum atomic E-state index is 13.3. The summed E-state index contributed by atoms with van der Waals surface area (Å²) >= 11 is 0. The van der Waals surface area contributed by atoms with Crippen molar-refractivity contribution in [1.82, 2.24) is 5.32 Å². The molecule has 1 aromatic rings. The molecule has 0 unspecified atom stereocenters. The molecule has 0 aliphatic rings. The third-order valence-electron chi connectivity index (χ3n) is 2.52. The lowest BCUT2D eigenvalue weighted by molar-refractivity contribution is 0.400. The second-order valence-corrected chi connectivity index (χ2v) is 4.50. The van der Waals surface area contributed by atoms with Gasteiger partial charge in [-0.2, -0.15) is 0 Å². The van der Waals surface area contributed by atoms with Crippen LogP contribution in [0.3, 0.4) is 0 Å². The highest BCUT2D eigenvalue weighted by molar-refractivity contribution is 5.18. The number of nitrogens with two attached hydrogens (primary N) is 1. The Labute approximate surface area is 94.8 Å². The minimum atomic E-state index is -0.545. The molecule has 0 radical (unpaired) electrons. The fourth-order valence-corrected chi connectivity index (χ4v) is 1.33. The summed E-state index contributed by atoms with van der Waals surface area (Å²) < 4.78 is 25.9. The molecule has 4 heteroatoms. The Morgan fingerprint density at radius 1 is 1.31 bits per heavy atom. The van der Waals surface area contributed by atoms with Gasteiger partial charge in [0, 0.05) is 18.2 Å².